The summed E-state index contributed by atoms with van der Waals surface area (Å²) in [5.74, 6) is 0. The first-order chi connectivity index (χ1) is 8.31. The smallest absolute Gasteiger partial charge is 0.241 e. The fraction of sp³-hybridized carbons (Fsp3) is 0.538. The minimum Gasteiger partial charge on any atom is -0.318 e. The number of hydrogen-bond acceptors (Lipinski definition) is 3. The highest BCUT2D eigenvalue weighted by Crippen LogP contribution is 2.25. The third-order valence-electron chi connectivity index (χ3n) is 3.23. The molecule has 1 rings (SSSR count). The van der Waals surface area contributed by atoms with Crippen molar-refractivity contribution in [2.24, 2.45) is 0 Å². The van der Waals surface area contributed by atoms with Crippen molar-refractivity contribution in [3.05, 3.63) is 28.3 Å². The summed E-state index contributed by atoms with van der Waals surface area (Å²) in [6.07, 6.45) is 0. The molecule has 6 heteroatoms. The summed E-state index contributed by atoms with van der Waals surface area (Å²) in [5.41, 5.74) is 3.67. The van der Waals surface area contributed by atoms with Gasteiger partial charge in [-0.15, -0.1) is 12.4 Å². The maximum atomic E-state index is 12.3. The molecule has 0 aliphatic carbocycles. The molecule has 0 atom stereocenters. The minimum atomic E-state index is -3.43. The lowest BCUT2D eigenvalue weighted by Gasteiger charge is -2.16. The van der Waals surface area contributed by atoms with Gasteiger partial charge in [0.15, 0.2) is 0 Å². The topological polar surface area (TPSA) is 58.2 Å². The first-order valence-corrected chi connectivity index (χ1v) is 7.51. The third kappa shape index (κ3) is 4.18. The molecule has 0 radical (unpaired) electrons. The van der Waals surface area contributed by atoms with Gasteiger partial charge >= 0.3 is 0 Å². The minimum absolute atomic E-state index is 0. The SMILES string of the molecule is CNCCNS(=O)(=O)c1c(C)c(C)cc(C)c1C.Cl. The lowest BCUT2D eigenvalue weighted by atomic mass is 10.0. The van der Waals surface area contributed by atoms with E-state index >= 15 is 0 Å². The highest BCUT2D eigenvalue weighted by atomic mass is 35.5. The number of halogens is 1. The van der Waals surface area contributed by atoms with Gasteiger partial charge in [0.2, 0.25) is 10.0 Å². The quantitative estimate of drug-likeness (QED) is 0.816. The van der Waals surface area contributed by atoms with Gasteiger partial charge in [-0.1, -0.05) is 6.07 Å². The second-order valence-electron chi connectivity index (χ2n) is 4.59. The highest BCUT2D eigenvalue weighted by molar-refractivity contribution is 7.89. The van der Waals surface area contributed by atoms with E-state index < -0.39 is 10.0 Å². The summed E-state index contributed by atoms with van der Waals surface area (Å²) < 4.78 is 27.3. The number of benzene rings is 1. The van der Waals surface area contributed by atoms with Crippen molar-refractivity contribution in [3.63, 3.8) is 0 Å². The number of rotatable bonds is 5. The molecular weight excluding hydrogens is 284 g/mol. The molecule has 0 saturated heterocycles. The van der Waals surface area contributed by atoms with Crippen molar-refractivity contribution in [1.29, 1.82) is 0 Å². The van der Waals surface area contributed by atoms with E-state index in [4.69, 9.17) is 0 Å². The van der Waals surface area contributed by atoms with Crippen LogP contribution in [0, 0.1) is 27.7 Å². The molecule has 0 saturated carbocycles. The average molecular weight is 307 g/mol. The van der Waals surface area contributed by atoms with Crippen LogP contribution < -0.4 is 10.0 Å². The molecule has 0 bridgehead atoms. The Morgan fingerprint density at radius 3 is 1.89 bits per heavy atom. The van der Waals surface area contributed by atoms with E-state index in [1.165, 1.54) is 0 Å². The van der Waals surface area contributed by atoms with E-state index in [0.717, 1.165) is 22.3 Å². The summed E-state index contributed by atoms with van der Waals surface area (Å²) in [7, 11) is -1.64. The Kier molecular flexibility index (Phi) is 7.00. The van der Waals surface area contributed by atoms with E-state index in [0.29, 0.717) is 18.0 Å². The lowest BCUT2D eigenvalue weighted by molar-refractivity contribution is 0.578. The van der Waals surface area contributed by atoms with E-state index in [2.05, 4.69) is 10.0 Å². The first-order valence-electron chi connectivity index (χ1n) is 6.03. The van der Waals surface area contributed by atoms with Gasteiger partial charge in [0.1, 0.15) is 0 Å². The van der Waals surface area contributed by atoms with Crippen molar-refractivity contribution < 1.29 is 8.42 Å². The Labute approximate surface area is 122 Å². The van der Waals surface area contributed by atoms with Gasteiger partial charge in [0, 0.05) is 13.1 Å². The van der Waals surface area contributed by atoms with Gasteiger partial charge in [0.05, 0.1) is 4.90 Å². The molecule has 0 aromatic heterocycles. The van der Waals surface area contributed by atoms with Crippen LogP contribution >= 0.6 is 12.4 Å². The molecule has 2 N–H and O–H groups in total. The standard InChI is InChI=1S/C13H22N2O2S.ClH/c1-9-8-10(2)12(4)13(11(9)3)18(16,17)15-7-6-14-5;/h8,14-15H,6-7H2,1-5H3;1H. The molecule has 1 aromatic carbocycles. The van der Waals surface area contributed by atoms with Crippen LogP contribution in [0.15, 0.2) is 11.0 Å². The van der Waals surface area contributed by atoms with Crippen LogP contribution in [0.5, 0.6) is 0 Å². The molecule has 0 heterocycles. The molecule has 0 fully saturated rings. The normalized spacial score (nSPS) is 11.2. The van der Waals surface area contributed by atoms with E-state index in [1.54, 1.807) is 7.05 Å². The lowest BCUT2D eigenvalue weighted by Crippen LogP contribution is -2.31. The van der Waals surface area contributed by atoms with Crippen molar-refractivity contribution in [2.75, 3.05) is 20.1 Å². The molecule has 0 unspecified atom stereocenters. The maximum Gasteiger partial charge on any atom is 0.241 e. The zero-order valence-corrected chi connectivity index (χ0v) is 13.8. The number of likely N-dealkylation sites (N-methyl/N-ethyl adjacent to an activating group) is 1. The van der Waals surface area contributed by atoms with Crippen LogP contribution in [0.3, 0.4) is 0 Å². The van der Waals surface area contributed by atoms with Gasteiger partial charge in [-0.3, -0.25) is 0 Å². The molecule has 1 aromatic rings. The maximum absolute atomic E-state index is 12.3. The molecular formula is C13H23ClN2O2S. The van der Waals surface area contributed by atoms with Crippen molar-refractivity contribution in [3.8, 4) is 0 Å². The van der Waals surface area contributed by atoms with Crippen LogP contribution in [0.1, 0.15) is 22.3 Å². The van der Waals surface area contributed by atoms with Gasteiger partial charge in [0.25, 0.3) is 0 Å². The monoisotopic (exact) mass is 306 g/mol. The summed E-state index contributed by atoms with van der Waals surface area (Å²) in [4.78, 5) is 0.427. The predicted octanol–water partition coefficient (Wildman–Crippen LogP) is 1.84. The number of nitrogens with one attached hydrogen (secondary N) is 2. The zero-order valence-electron chi connectivity index (χ0n) is 12.1. The second-order valence-corrected chi connectivity index (χ2v) is 6.29. The summed E-state index contributed by atoms with van der Waals surface area (Å²) >= 11 is 0. The van der Waals surface area contributed by atoms with Crippen LogP contribution in [0.25, 0.3) is 0 Å². The first kappa shape index (κ1) is 18.4. The fourth-order valence-electron chi connectivity index (χ4n) is 1.97. The summed E-state index contributed by atoms with van der Waals surface area (Å²) in [6, 6.07) is 2.03. The van der Waals surface area contributed by atoms with Gasteiger partial charge in [-0.2, -0.15) is 0 Å². The number of sulfonamides is 1. The largest absolute Gasteiger partial charge is 0.318 e. The average Bonchev–Trinajstić information content (AvgIpc) is 2.26. The molecule has 0 aliphatic rings. The summed E-state index contributed by atoms with van der Waals surface area (Å²) in [6.45, 7) is 8.60. The second kappa shape index (κ2) is 7.24. The highest BCUT2D eigenvalue weighted by Gasteiger charge is 2.21. The van der Waals surface area contributed by atoms with Crippen LogP contribution in [-0.4, -0.2) is 28.6 Å². The number of hydrogen-bond donors (Lipinski definition) is 2. The van der Waals surface area contributed by atoms with Gasteiger partial charge in [-0.05, 0) is 57.0 Å². The predicted molar refractivity (Wildman–Crippen MR) is 81.8 cm³/mol. The third-order valence-corrected chi connectivity index (χ3v) is 4.97. The molecule has 0 amide bonds. The Hall–Kier alpha value is -0.620. The molecule has 0 aliphatic heterocycles. The summed E-state index contributed by atoms with van der Waals surface area (Å²) in [5, 5.41) is 2.92. The Balaban J connectivity index is 0.00000324. The van der Waals surface area contributed by atoms with Crippen molar-refractivity contribution >= 4 is 22.4 Å². The Bertz CT molecular complexity index is 516. The molecule has 110 valence electrons. The van der Waals surface area contributed by atoms with Crippen LogP contribution in [0.2, 0.25) is 0 Å². The number of aryl methyl sites for hydroxylation is 2. The van der Waals surface area contributed by atoms with Crippen LogP contribution in [0.4, 0.5) is 0 Å². The van der Waals surface area contributed by atoms with E-state index in [9.17, 15) is 8.42 Å². The van der Waals surface area contributed by atoms with Gasteiger partial charge < -0.3 is 5.32 Å². The molecule has 19 heavy (non-hydrogen) atoms. The molecule has 4 nitrogen and oxygen atoms in total. The zero-order chi connectivity index (χ0) is 13.9. The van der Waals surface area contributed by atoms with E-state index in [-0.39, 0.29) is 12.4 Å². The van der Waals surface area contributed by atoms with Crippen molar-refractivity contribution in [2.45, 2.75) is 32.6 Å². The van der Waals surface area contributed by atoms with Crippen molar-refractivity contribution in [1.82, 2.24) is 10.0 Å². The van der Waals surface area contributed by atoms with Gasteiger partial charge in [-0.25, -0.2) is 13.1 Å². The van der Waals surface area contributed by atoms with E-state index in [1.807, 2.05) is 33.8 Å². The van der Waals surface area contributed by atoms with Crippen LogP contribution in [-0.2, 0) is 10.0 Å². The Morgan fingerprint density at radius 2 is 1.47 bits per heavy atom. The molecule has 0 spiro atoms. The fourth-order valence-corrected chi connectivity index (χ4v) is 3.61. The Morgan fingerprint density at radius 1 is 1.00 bits per heavy atom.